The number of Topliss-reactive ketones (excluding diaryl/α,β-unsaturated/α-hetero) is 1. The highest BCUT2D eigenvalue weighted by Crippen LogP contribution is 2.21. The predicted molar refractivity (Wildman–Crippen MR) is 100 cm³/mol. The first-order valence-corrected chi connectivity index (χ1v) is 8.72. The van der Waals surface area contributed by atoms with Crippen LogP contribution in [0.1, 0.15) is 32.9 Å². The minimum absolute atomic E-state index is 0.118. The highest BCUT2D eigenvalue weighted by Gasteiger charge is 2.19. The van der Waals surface area contributed by atoms with Gasteiger partial charge in [-0.15, -0.1) is 0 Å². The minimum Gasteiger partial charge on any atom is -0.344 e. The lowest BCUT2D eigenvalue weighted by Gasteiger charge is -2.11. The molecule has 3 rings (SSSR count). The van der Waals surface area contributed by atoms with Gasteiger partial charge in [0, 0.05) is 40.7 Å². The van der Waals surface area contributed by atoms with Crippen LogP contribution in [0.15, 0.2) is 54.9 Å². The number of carbonyl (C=O) groups excluding carboxylic acids is 1. The normalized spacial score (nSPS) is 10.9. The van der Waals surface area contributed by atoms with Gasteiger partial charge in [0.25, 0.3) is 0 Å². The van der Waals surface area contributed by atoms with E-state index in [-0.39, 0.29) is 5.78 Å². The van der Waals surface area contributed by atoms with Crippen molar-refractivity contribution in [1.29, 1.82) is 0 Å². The molecule has 2 aromatic heterocycles. The van der Waals surface area contributed by atoms with E-state index in [1.54, 1.807) is 0 Å². The minimum atomic E-state index is 0.118. The standard InChI is InChI=1S/C21H22ClN2O/c1-15-8-10-23(11-9-15)14-21(25)19-12-16(2)24(17(19)3)13-18-6-4-5-7-20(18)22/h4-12H,13-14H2,1-3H3/q+1. The highest BCUT2D eigenvalue weighted by molar-refractivity contribution is 6.31. The molecule has 0 unspecified atom stereocenters. The van der Waals surface area contributed by atoms with Crippen molar-refractivity contribution >= 4 is 17.4 Å². The van der Waals surface area contributed by atoms with Gasteiger partial charge in [0.1, 0.15) is 0 Å². The molecule has 0 N–H and O–H groups in total. The summed E-state index contributed by atoms with van der Waals surface area (Å²) >= 11 is 6.28. The first-order chi connectivity index (χ1) is 12.0. The molecule has 0 saturated carbocycles. The first kappa shape index (κ1) is 17.4. The fraction of sp³-hybridized carbons (Fsp3) is 0.238. The number of halogens is 1. The molecule has 25 heavy (non-hydrogen) atoms. The molecule has 0 bridgehead atoms. The van der Waals surface area contributed by atoms with Gasteiger partial charge < -0.3 is 4.57 Å². The third-order valence-electron chi connectivity index (χ3n) is 4.54. The van der Waals surface area contributed by atoms with Gasteiger partial charge in [-0.1, -0.05) is 29.8 Å². The van der Waals surface area contributed by atoms with Crippen molar-refractivity contribution in [1.82, 2.24) is 4.57 Å². The van der Waals surface area contributed by atoms with Crippen molar-refractivity contribution in [3.05, 3.63) is 88.0 Å². The Morgan fingerprint density at radius 3 is 2.44 bits per heavy atom. The average Bonchev–Trinajstić information content (AvgIpc) is 2.87. The third-order valence-corrected chi connectivity index (χ3v) is 4.91. The molecular formula is C21H22ClN2O+. The smallest absolute Gasteiger partial charge is 0.229 e. The molecule has 0 amide bonds. The molecular weight excluding hydrogens is 332 g/mol. The predicted octanol–water partition coefficient (Wildman–Crippen LogP) is 4.29. The zero-order chi connectivity index (χ0) is 18.0. The Morgan fingerprint density at radius 2 is 1.76 bits per heavy atom. The fourth-order valence-corrected chi connectivity index (χ4v) is 3.21. The van der Waals surface area contributed by atoms with Crippen LogP contribution in [-0.2, 0) is 13.1 Å². The van der Waals surface area contributed by atoms with Gasteiger partial charge in [-0.3, -0.25) is 4.79 Å². The number of benzene rings is 1. The molecule has 4 heteroatoms. The number of aromatic nitrogens is 2. The largest absolute Gasteiger partial charge is 0.344 e. The van der Waals surface area contributed by atoms with Crippen LogP contribution in [0.4, 0.5) is 0 Å². The molecule has 0 aliphatic heterocycles. The number of hydrogen-bond acceptors (Lipinski definition) is 1. The van der Waals surface area contributed by atoms with Crippen LogP contribution in [0.5, 0.6) is 0 Å². The van der Waals surface area contributed by atoms with Crippen molar-refractivity contribution in [3.63, 3.8) is 0 Å². The zero-order valence-corrected chi connectivity index (χ0v) is 15.5. The van der Waals surface area contributed by atoms with Crippen molar-refractivity contribution in [2.45, 2.75) is 33.9 Å². The molecule has 0 saturated heterocycles. The third kappa shape index (κ3) is 3.83. The van der Waals surface area contributed by atoms with E-state index in [9.17, 15) is 4.79 Å². The van der Waals surface area contributed by atoms with Gasteiger partial charge in [0.15, 0.2) is 12.4 Å². The second-order valence-electron chi connectivity index (χ2n) is 6.43. The number of ketones is 1. The molecule has 128 valence electrons. The summed E-state index contributed by atoms with van der Waals surface area (Å²) < 4.78 is 4.06. The Bertz CT molecular complexity index is 910. The van der Waals surface area contributed by atoms with Gasteiger partial charge in [0.05, 0.1) is 0 Å². The van der Waals surface area contributed by atoms with Crippen LogP contribution in [-0.4, -0.2) is 10.4 Å². The van der Waals surface area contributed by atoms with Crippen LogP contribution in [0.2, 0.25) is 5.02 Å². The van der Waals surface area contributed by atoms with Crippen molar-refractivity contribution in [2.75, 3.05) is 0 Å². The average molecular weight is 354 g/mol. The molecule has 0 spiro atoms. The molecule has 0 aliphatic carbocycles. The van der Waals surface area contributed by atoms with Gasteiger partial charge >= 0.3 is 0 Å². The lowest BCUT2D eigenvalue weighted by molar-refractivity contribution is -0.683. The lowest BCUT2D eigenvalue weighted by Crippen LogP contribution is -2.37. The van der Waals surface area contributed by atoms with Gasteiger partial charge in [0.2, 0.25) is 12.3 Å². The summed E-state index contributed by atoms with van der Waals surface area (Å²) in [6.07, 6.45) is 3.88. The second kappa shape index (κ2) is 7.24. The number of nitrogens with zero attached hydrogens (tertiary/aromatic N) is 2. The highest BCUT2D eigenvalue weighted by atomic mass is 35.5. The summed E-state index contributed by atoms with van der Waals surface area (Å²) in [7, 11) is 0. The number of pyridine rings is 1. The van der Waals surface area contributed by atoms with E-state index in [1.165, 1.54) is 5.56 Å². The first-order valence-electron chi connectivity index (χ1n) is 8.34. The molecule has 3 aromatic rings. The monoisotopic (exact) mass is 353 g/mol. The summed E-state index contributed by atoms with van der Waals surface area (Å²) in [4.78, 5) is 12.7. The van der Waals surface area contributed by atoms with E-state index in [4.69, 9.17) is 11.6 Å². The van der Waals surface area contributed by atoms with E-state index >= 15 is 0 Å². The summed E-state index contributed by atoms with van der Waals surface area (Å²) in [6.45, 7) is 7.07. The summed E-state index contributed by atoms with van der Waals surface area (Å²) in [5, 5.41) is 0.748. The zero-order valence-electron chi connectivity index (χ0n) is 14.8. The molecule has 1 aromatic carbocycles. The van der Waals surface area contributed by atoms with Crippen LogP contribution in [0, 0.1) is 20.8 Å². The van der Waals surface area contributed by atoms with E-state index < -0.39 is 0 Å². The van der Waals surface area contributed by atoms with Crippen molar-refractivity contribution in [2.24, 2.45) is 0 Å². The van der Waals surface area contributed by atoms with Crippen LogP contribution in [0.25, 0.3) is 0 Å². The molecule has 0 atom stereocenters. The Morgan fingerprint density at radius 1 is 1.08 bits per heavy atom. The maximum absolute atomic E-state index is 12.7. The van der Waals surface area contributed by atoms with Crippen LogP contribution >= 0.6 is 11.6 Å². The van der Waals surface area contributed by atoms with E-state index in [0.29, 0.717) is 13.1 Å². The SMILES string of the molecule is Cc1cc[n+](CC(=O)c2cc(C)n(Cc3ccccc3Cl)c2C)cc1. The van der Waals surface area contributed by atoms with E-state index in [2.05, 4.69) is 4.57 Å². The Hall–Kier alpha value is -2.39. The van der Waals surface area contributed by atoms with E-state index in [0.717, 1.165) is 27.5 Å². The Balaban J connectivity index is 1.85. The van der Waals surface area contributed by atoms with Gasteiger partial charge in [-0.25, -0.2) is 0 Å². The quantitative estimate of drug-likeness (QED) is 0.496. The Kier molecular flexibility index (Phi) is 5.05. The van der Waals surface area contributed by atoms with Crippen molar-refractivity contribution in [3.8, 4) is 0 Å². The molecule has 0 fully saturated rings. The molecule has 3 nitrogen and oxygen atoms in total. The van der Waals surface area contributed by atoms with E-state index in [1.807, 2.05) is 80.2 Å². The number of rotatable bonds is 5. The number of carbonyl (C=O) groups is 1. The number of aryl methyl sites for hydroxylation is 2. The van der Waals surface area contributed by atoms with Crippen LogP contribution in [0.3, 0.4) is 0 Å². The maximum atomic E-state index is 12.7. The lowest BCUT2D eigenvalue weighted by atomic mass is 10.1. The fourth-order valence-electron chi connectivity index (χ4n) is 3.01. The topological polar surface area (TPSA) is 25.9 Å². The summed E-state index contributed by atoms with van der Waals surface area (Å²) in [6, 6.07) is 13.8. The van der Waals surface area contributed by atoms with Gasteiger partial charge in [-0.2, -0.15) is 4.57 Å². The molecule has 2 heterocycles. The number of hydrogen-bond donors (Lipinski definition) is 0. The molecule has 0 radical (unpaired) electrons. The second-order valence-corrected chi connectivity index (χ2v) is 6.84. The van der Waals surface area contributed by atoms with Crippen LogP contribution < -0.4 is 4.57 Å². The molecule has 0 aliphatic rings. The summed E-state index contributed by atoms with van der Waals surface area (Å²) in [5.74, 6) is 0.118. The summed E-state index contributed by atoms with van der Waals surface area (Å²) in [5.41, 5.74) is 5.06. The van der Waals surface area contributed by atoms with Gasteiger partial charge in [-0.05, 0) is 44.0 Å². The Labute approximate surface area is 153 Å². The maximum Gasteiger partial charge on any atom is 0.229 e. The van der Waals surface area contributed by atoms with Crippen molar-refractivity contribution < 1.29 is 9.36 Å².